The van der Waals surface area contributed by atoms with E-state index in [0.717, 1.165) is 31.4 Å². The zero-order valence-electron chi connectivity index (χ0n) is 19.2. The molecule has 1 rings (SSSR count). The number of carbonyl (C=O) groups is 2. The van der Waals surface area contributed by atoms with Crippen molar-refractivity contribution in [3.05, 3.63) is 42.5 Å². The van der Waals surface area contributed by atoms with Crippen molar-refractivity contribution in [3.63, 3.8) is 0 Å². The van der Waals surface area contributed by atoms with Crippen molar-refractivity contribution in [2.24, 2.45) is 0 Å². The van der Waals surface area contributed by atoms with Gasteiger partial charge in [0, 0.05) is 30.8 Å². The quantitative estimate of drug-likeness (QED) is 0.193. The smallest absolute Gasteiger partial charge is 0.305 e. The fourth-order valence-electron chi connectivity index (χ4n) is 3.46. The Hall–Kier alpha value is -2.37. The number of hydrogen-bond acceptors (Lipinski definition) is 3. The number of carboxylic acid groups (broad SMARTS) is 1. The number of rotatable bonds is 19. The predicted octanol–water partition coefficient (Wildman–Crippen LogP) is 5.73. The van der Waals surface area contributed by atoms with Crippen LogP contribution in [0.3, 0.4) is 0 Å². The molecule has 0 saturated carbocycles. The third-order valence-corrected chi connectivity index (χ3v) is 5.19. The van der Waals surface area contributed by atoms with Gasteiger partial charge in [-0.15, -0.1) is 0 Å². The van der Waals surface area contributed by atoms with Crippen molar-refractivity contribution < 1.29 is 14.7 Å². The lowest BCUT2D eigenvalue weighted by Gasteiger charge is -2.16. The van der Waals surface area contributed by atoms with Gasteiger partial charge in [0.25, 0.3) is 0 Å². The Bertz CT molecular complexity index is 638. The molecule has 31 heavy (non-hydrogen) atoms. The van der Waals surface area contributed by atoms with Crippen LogP contribution in [-0.2, 0) is 16.0 Å². The number of hydrogen-bond donors (Lipinski definition) is 3. The molecule has 0 radical (unpaired) electrons. The van der Waals surface area contributed by atoms with Crippen molar-refractivity contribution in [1.82, 2.24) is 15.3 Å². The van der Waals surface area contributed by atoms with Crippen molar-refractivity contribution in [2.45, 2.75) is 103 Å². The number of aromatic nitrogens is 2. The molecule has 1 atom stereocenters. The normalized spacial score (nSPS) is 12.5. The molecule has 0 aliphatic carbocycles. The number of nitrogens with zero attached hydrogens (tertiary/aromatic N) is 1. The summed E-state index contributed by atoms with van der Waals surface area (Å²) < 4.78 is 0. The molecule has 0 fully saturated rings. The molecule has 0 aromatic carbocycles. The summed E-state index contributed by atoms with van der Waals surface area (Å²) in [5.41, 5.74) is 0.822. The van der Waals surface area contributed by atoms with Crippen molar-refractivity contribution in [2.75, 3.05) is 0 Å². The van der Waals surface area contributed by atoms with Crippen LogP contribution in [0.25, 0.3) is 0 Å². The van der Waals surface area contributed by atoms with E-state index in [9.17, 15) is 9.59 Å². The number of aliphatic carboxylic acids is 1. The lowest BCUT2D eigenvalue weighted by atomic mass is 10.1. The third-order valence-electron chi connectivity index (χ3n) is 5.19. The highest BCUT2D eigenvalue weighted by Gasteiger charge is 2.17. The Kier molecular flexibility index (Phi) is 15.8. The predicted molar refractivity (Wildman–Crippen MR) is 126 cm³/mol. The SMILES string of the molecule is CCCCCC/C=C/C=C/CCCCCCCC(=O)NC(CC(=O)O)Cc1cnc[nH]1. The van der Waals surface area contributed by atoms with Crippen LogP contribution in [0.2, 0.25) is 0 Å². The second-order valence-corrected chi connectivity index (χ2v) is 8.16. The number of carboxylic acids is 1. The minimum absolute atomic E-state index is 0.0739. The molecule has 6 heteroatoms. The Morgan fingerprint density at radius 2 is 1.68 bits per heavy atom. The first-order chi connectivity index (χ1) is 15.1. The van der Waals surface area contributed by atoms with Crippen molar-refractivity contribution in [3.8, 4) is 0 Å². The topological polar surface area (TPSA) is 95.1 Å². The summed E-state index contributed by atoms with van der Waals surface area (Å²) >= 11 is 0. The molecule has 0 bridgehead atoms. The first-order valence-corrected chi connectivity index (χ1v) is 11.9. The molecule has 1 unspecified atom stereocenters. The van der Waals surface area contributed by atoms with E-state index in [1.54, 1.807) is 12.5 Å². The molecule has 174 valence electrons. The standard InChI is InChI=1S/C25H41N3O3/c1-2-3-4-5-6-7-8-9-10-11-12-13-14-15-16-17-24(29)28-22(19-25(30)31)18-23-20-26-21-27-23/h7-10,20-22H,2-6,11-19H2,1H3,(H,26,27)(H,28,29)(H,30,31)/b8-7+,10-9+. The van der Waals surface area contributed by atoms with Crippen LogP contribution in [0.4, 0.5) is 0 Å². The zero-order chi connectivity index (χ0) is 22.6. The molecule has 1 heterocycles. The highest BCUT2D eigenvalue weighted by atomic mass is 16.4. The zero-order valence-corrected chi connectivity index (χ0v) is 19.2. The average molecular weight is 432 g/mol. The average Bonchev–Trinajstić information content (AvgIpc) is 3.23. The minimum atomic E-state index is -0.915. The number of carbonyl (C=O) groups excluding carboxylic acids is 1. The van der Waals surface area contributed by atoms with Crippen LogP contribution < -0.4 is 5.32 Å². The van der Waals surface area contributed by atoms with E-state index >= 15 is 0 Å². The molecule has 3 N–H and O–H groups in total. The summed E-state index contributed by atoms with van der Waals surface area (Å²) in [5, 5.41) is 11.9. The van der Waals surface area contributed by atoms with Crippen molar-refractivity contribution in [1.29, 1.82) is 0 Å². The maximum atomic E-state index is 12.2. The highest BCUT2D eigenvalue weighted by molar-refractivity contribution is 5.77. The third kappa shape index (κ3) is 16.0. The van der Waals surface area contributed by atoms with E-state index in [2.05, 4.69) is 46.5 Å². The number of imidazole rings is 1. The fourth-order valence-corrected chi connectivity index (χ4v) is 3.46. The number of H-pyrrole nitrogens is 1. The summed E-state index contributed by atoms with van der Waals surface area (Å²) in [7, 11) is 0. The lowest BCUT2D eigenvalue weighted by molar-refractivity contribution is -0.137. The van der Waals surface area contributed by atoms with E-state index in [1.165, 1.54) is 44.9 Å². The number of allylic oxidation sites excluding steroid dienone is 4. The Morgan fingerprint density at radius 1 is 1.03 bits per heavy atom. The van der Waals surface area contributed by atoms with Gasteiger partial charge in [-0.2, -0.15) is 0 Å². The molecule has 1 aromatic heterocycles. The number of amides is 1. The van der Waals surface area contributed by atoms with Gasteiger partial charge < -0.3 is 15.4 Å². The van der Waals surface area contributed by atoms with Gasteiger partial charge in [0.1, 0.15) is 0 Å². The van der Waals surface area contributed by atoms with E-state index in [0.29, 0.717) is 12.8 Å². The first-order valence-electron chi connectivity index (χ1n) is 11.9. The molecular formula is C25H41N3O3. The summed E-state index contributed by atoms with van der Waals surface area (Å²) in [6.45, 7) is 2.24. The van der Waals surface area contributed by atoms with Gasteiger partial charge >= 0.3 is 5.97 Å². The monoisotopic (exact) mass is 431 g/mol. The van der Waals surface area contributed by atoms with E-state index in [4.69, 9.17) is 5.11 Å². The van der Waals surface area contributed by atoms with Gasteiger partial charge in [0.05, 0.1) is 12.7 Å². The van der Waals surface area contributed by atoms with Gasteiger partial charge in [-0.3, -0.25) is 9.59 Å². The largest absolute Gasteiger partial charge is 0.481 e. The Morgan fingerprint density at radius 3 is 2.29 bits per heavy atom. The number of nitrogens with one attached hydrogen (secondary N) is 2. The summed E-state index contributed by atoms with van der Waals surface area (Å²) in [5.74, 6) is -0.989. The van der Waals surface area contributed by atoms with Crippen LogP contribution in [0.5, 0.6) is 0 Å². The van der Waals surface area contributed by atoms with E-state index < -0.39 is 12.0 Å². The fraction of sp³-hybridized carbons (Fsp3) is 0.640. The maximum absolute atomic E-state index is 12.2. The second-order valence-electron chi connectivity index (χ2n) is 8.16. The molecule has 1 aromatic rings. The summed E-state index contributed by atoms with van der Waals surface area (Å²) in [6, 6.07) is -0.414. The van der Waals surface area contributed by atoms with Crippen LogP contribution in [0.15, 0.2) is 36.8 Å². The van der Waals surface area contributed by atoms with Gasteiger partial charge in [-0.1, -0.05) is 69.8 Å². The van der Waals surface area contributed by atoms with Gasteiger partial charge in [-0.25, -0.2) is 4.98 Å². The Balaban J connectivity index is 2.03. The Labute approximate surface area is 187 Å². The van der Waals surface area contributed by atoms with Crippen LogP contribution >= 0.6 is 0 Å². The maximum Gasteiger partial charge on any atom is 0.305 e. The van der Waals surface area contributed by atoms with E-state index in [-0.39, 0.29) is 12.3 Å². The van der Waals surface area contributed by atoms with Gasteiger partial charge in [0.2, 0.25) is 5.91 Å². The molecular weight excluding hydrogens is 390 g/mol. The molecule has 6 nitrogen and oxygen atoms in total. The van der Waals surface area contributed by atoms with Crippen LogP contribution in [-0.4, -0.2) is 33.0 Å². The molecule has 1 amide bonds. The number of unbranched alkanes of at least 4 members (excludes halogenated alkanes) is 9. The minimum Gasteiger partial charge on any atom is -0.481 e. The molecule has 0 spiro atoms. The molecule has 0 aliphatic heterocycles. The molecule has 0 aliphatic rings. The molecule has 0 saturated heterocycles. The number of aromatic amines is 1. The van der Waals surface area contributed by atoms with Gasteiger partial charge in [-0.05, 0) is 32.1 Å². The van der Waals surface area contributed by atoms with Gasteiger partial charge in [0.15, 0.2) is 0 Å². The summed E-state index contributed by atoms with van der Waals surface area (Å²) in [4.78, 5) is 30.1. The second kappa shape index (κ2) is 18.4. The van der Waals surface area contributed by atoms with Crippen LogP contribution in [0, 0.1) is 0 Å². The first kappa shape index (κ1) is 26.7. The van der Waals surface area contributed by atoms with Crippen molar-refractivity contribution >= 4 is 11.9 Å². The van der Waals surface area contributed by atoms with E-state index in [1.807, 2.05) is 0 Å². The highest BCUT2D eigenvalue weighted by Crippen LogP contribution is 2.09. The summed E-state index contributed by atoms with van der Waals surface area (Å²) in [6.07, 6.45) is 25.7. The lowest BCUT2D eigenvalue weighted by Crippen LogP contribution is -2.38. The van der Waals surface area contributed by atoms with Crippen LogP contribution in [0.1, 0.15) is 96.1 Å².